The number of amides is 4. The molecule has 2 N–H and O–H groups in total. The van der Waals surface area contributed by atoms with Gasteiger partial charge in [0.1, 0.15) is 5.82 Å². The van der Waals surface area contributed by atoms with Crippen molar-refractivity contribution >= 4 is 17.8 Å². The van der Waals surface area contributed by atoms with E-state index in [-0.39, 0.29) is 42.5 Å². The number of hydrogen-bond acceptors (Lipinski definition) is 3. The molecule has 26 heavy (non-hydrogen) atoms. The molecule has 4 amide bonds. The van der Waals surface area contributed by atoms with Crippen LogP contribution in [0.1, 0.15) is 18.4 Å². The van der Waals surface area contributed by atoms with E-state index in [1.165, 1.54) is 12.1 Å². The first-order valence-electron chi connectivity index (χ1n) is 8.85. The van der Waals surface area contributed by atoms with Crippen molar-refractivity contribution in [2.24, 2.45) is 5.92 Å². The summed E-state index contributed by atoms with van der Waals surface area (Å²) in [6, 6.07) is 5.89. The summed E-state index contributed by atoms with van der Waals surface area (Å²) in [6.07, 6.45) is 0.931. The molecule has 2 saturated heterocycles. The number of nitrogens with one attached hydrogen (secondary N) is 2. The minimum Gasteiger partial charge on any atom is -0.355 e. The number of rotatable bonds is 3. The van der Waals surface area contributed by atoms with E-state index in [1.54, 1.807) is 21.9 Å². The Bertz CT molecular complexity index is 697. The van der Waals surface area contributed by atoms with E-state index in [2.05, 4.69) is 10.6 Å². The monoisotopic (exact) mass is 362 g/mol. The molecule has 2 aliphatic heterocycles. The number of halogens is 1. The number of urea groups is 1. The lowest BCUT2D eigenvalue weighted by atomic mass is 10.1. The second-order valence-electron chi connectivity index (χ2n) is 6.66. The van der Waals surface area contributed by atoms with Crippen molar-refractivity contribution in [2.45, 2.75) is 19.4 Å². The Labute approximate surface area is 151 Å². The number of benzene rings is 1. The number of hydrogen-bond donors (Lipinski definition) is 2. The highest BCUT2D eigenvalue weighted by Crippen LogP contribution is 2.15. The van der Waals surface area contributed by atoms with Gasteiger partial charge in [-0.05, 0) is 24.1 Å². The van der Waals surface area contributed by atoms with Crippen LogP contribution in [0.15, 0.2) is 24.3 Å². The molecule has 1 atom stereocenters. The van der Waals surface area contributed by atoms with Crippen LogP contribution in [-0.4, -0.2) is 60.4 Å². The third-order valence-electron chi connectivity index (χ3n) is 4.75. The van der Waals surface area contributed by atoms with Gasteiger partial charge in [-0.1, -0.05) is 12.1 Å². The van der Waals surface area contributed by atoms with E-state index in [1.807, 2.05) is 0 Å². The Kier molecular flexibility index (Phi) is 5.70. The fourth-order valence-electron chi connectivity index (χ4n) is 3.32. The molecule has 140 valence electrons. The average Bonchev–Trinajstić information content (AvgIpc) is 2.91. The van der Waals surface area contributed by atoms with E-state index < -0.39 is 0 Å². The van der Waals surface area contributed by atoms with Crippen LogP contribution in [0.2, 0.25) is 0 Å². The van der Waals surface area contributed by atoms with Crippen molar-refractivity contribution in [1.29, 1.82) is 0 Å². The van der Waals surface area contributed by atoms with Gasteiger partial charge in [-0.25, -0.2) is 9.18 Å². The van der Waals surface area contributed by atoms with Crippen LogP contribution >= 0.6 is 0 Å². The van der Waals surface area contributed by atoms with Crippen molar-refractivity contribution in [3.8, 4) is 0 Å². The van der Waals surface area contributed by atoms with Crippen LogP contribution in [-0.2, 0) is 16.1 Å². The number of nitrogens with zero attached hydrogens (tertiary/aromatic N) is 2. The second kappa shape index (κ2) is 8.16. The molecule has 0 aliphatic carbocycles. The Morgan fingerprint density at radius 2 is 1.96 bits per heavy atom. The van der Waals surface area contributed by atoms with Gasteiger partial charge >= 0.3 is 6.03 Å². The van der Waals surface area contributed by atoms with Crippen LogP contribution in [0.3, 0.4) is 0 Å². The van der Waals surface area contributed by atoms with Crippen LogP contribution in [0.25, 0.3) is 0 Å². The molecule has 0 spiro atoms. The molecule has 1 unspecified atom stereocenters. The number of carbonyl (C=O) groups excluding carboxylic acids is 3. The van der Waals surface area contributed by atoms with Gasteiger partial charge in [0, 0.05) is 45.7 Å². The molecule has 8 heteroatoms. The fraction of sp³-hybridized carbons (Fsp3) is 0.500. The summed E-state index contributed by atoms with van der Waals surface area (Å²) in [4.78, 5) is 39.6. The standard InChI is InChI=1S/C18H23FN4O3/c19-15-4-1-3-13(9-15)11-21-18(26)23-6-2-5-22(7-8-23)17(25)14-10-16(24)20-12-14/h1,3-4,9,14H,2,5-8,10-12H2,(H,20,24)(H,21,26). The predicted octanol–water partition coefficient (Wildman–Crippen LogP) is 0.706. The Hall–Kier alpha value is -2.64. The highest BCUT2D eigenvalue weighted by Gasteiger charge is 2.32. The van der Waals surface area contributed by atoms with E-state index in [0.29, 0.717) is 44.7 Å². The van der Waals surface area contributed by atoms with Gasteiger partial charge in [-0.2, -0.15) is 0 Å². The quantitative estimate of drug-likeness (QED) is 0.831. The zero-order chi connectivity index (χ0) is 18.5. The smallest absolute Gasteiger partial charge is 0.317 e. The van der Waals surface area contributed by atoms with E-state index in [4.69, 9.17) is 0 Å². The molecule has 2 heterocycles. The SMILES string of the molecule is O=C1CC(C(=O)N2CCCN(C(=O)NCc3cccc(F)c3)CC2)CN1. The van der Waals surface area contributed by atoms with Crippen molar-refractivity contribution in [1.82, 2.24) is 20.4 Å². The van der Waals surface area contributed by atoms with Crippen LogP contribution in [0.5, 0.6) is 0 Å². The normalized spacial score (nSPS) is 20.5. The third-order valence-corrected chi connectivity index (χ3v) is 4.75. The van der Waals surface area contributed by atoms with Crippen LogP contribution in [0, 0.1) is 11.7 Å². The highest BCUT2D eigenvalue weighted by atomic mass is 19.1. The summed E-state index contributed by atoms with van der Waals surface area (Å²) in [5.74, 6) is -0.738. The Balaban J connectivity index is 1.49. The summed E-state index contributed by atoms with van der Waals surface area (Å²) in [5.41, 5.74) is 0.698. The zero-order valence-corrected chi connectivity index (χ0v) is 14.5. The van der Waals surface area contributed by atoms with Crippen LogP contribution < -0.4 is 10.6 Å². The lowest BCUT2D eigenvalue weighted by molar-refractivity contribution is -0.135. The van der Waals surface area contributed by atoms with Gasteiger partial charge in [0.2, 0.25) is 11.8 Å². The van der Waals surface area contributed by atoms with Crippen molar-refractivity contribution in [3.05, 3.63) is 35.6 Å². The molecule has 0 radical (unpaired) electrons. The van der Waals surface area contributed by atoms with Gasteiger partial charge in [0.15, 0.2) is 0 Å². The molecule has 3 rings (SSSR count). The third kappa shape index (κ3) is 4.50. The first-order chi connectivity index (χ1) is 12.5. The molecule has 2 aliphatic rings. The minimum absolute atomic E-state index is 0.0228. The lowest BCUT2D eigenvalue weighted by Crippen LogP contribution is -2.43. The van der Waals surface area contributed by atoms with Gasteiger partial charge in [-0.3, -0.25) is 9.59 Å². The molecule has 1 aromatic rings. The van der Waals surface area contributed by atoms with E-state index in [9.17, 15) is 18.8 Å². The molecule has 0 saturated carbocycles. The maximum absolute atomic E-state index is 13.2. The average molecular weight is 362 g/mol. The van der Waals surface area contributed by atoms with E-state index in [0.717, 1.165) is 0 Å². The first-order valence-corrected chi connectivity index (χ1v) is 8.85. The van der Waals surface area contributed by atoms with Gasteiger partial charge in [-0.15, -0.1) is 0 Å². The Morgan fingerprint density at radius 1 is 1.19 bits per heavy atom. The highest BCUT2D eigenvalue weighted by molar-refractivity contribution is 5.89. The lowest BCUT2D eigenvalue weighted by Gasteiger charge is -2.24. The van der Waals surface area contributed by atoms with E-state index >= 15 is 0 Å². The van der Waals surface area contributed by atoms with Gasteiger partial charge in [0.05, 0.1) is 5.92 Å². The van der Waals surface area contributed by atoms with Crippen molar-refractivity contribution in [3.63, 3.8) is 0 Å². The minimum atomic E-state index is -0.333. The van der Waals surface area contributed by atoms with Crippen molar-refractivity contribution in [2.75, 3.05) is 32.7 Å². The van der Waals surface area contributed by atoms with Crippen molar-refractivity contribution < 1.29 is 18.8 Å². The summed E-state index contributed by atoms with van der Waals surface area (Å²) in [6.45, 7) is 2.68. The molecule has 2 fully saturated rings. The summed E-state index contributed by atoms with van der Waals surface area (Å²) < 4.78 is 13.2. The summed E-state index contributed by atoms with van der Waals surface area (Å²) in [5, 5.41) is 5.47. The summed E-state index contributed by atoms with van der Waals surface area (Å²) >= 11 is 0. The first kappa shape index (κ1) is 18.2. The summed E-state index contributed by atoms with van der Waals surface area (Å²) in [7, 11) is 0. The molecular weight excluding hydrogens is 339 g/mol. The fourth-order valence-corrected chi connectivity index (χ4v) is 3.32. The van der Waals surface area contributed by atoms with Gasteiger partial charge < -0.3 is 20.4 Å². The second-order valence-corrected chi connectivity index (χ2v) is 6.66. The number of carbonyl (C=O) groups is 3. The van der Waals surface area contributed by atoms with Crippen LogP contribution in [0.4, 0.5) is 9.18 Å². The largest absolute Gasteiger partial charge is 0.355 e. The molecule has 0 aromatic heterocycles. The topological polar surface area (TPSA) is 81.8 Å². The molecular formula is C18H23FN4O3. The molecule has 7 nitrogen and oxygen atoms in total. The molecule has 1 aromatic carbocycles. The zero-order valence-electron chi connectivity index (χ0n) is 14.5. The maximum atomic E-state index is 13.2. The molecule has 0 bridgehead atoms. The maximum Gasteiger partial charge on any atom is 0.317 e. The Morgan fingerprint density at radius 3 is 2.69 bits per heavy atom. The van der Waals surface area contributed by atoms with Gasteiger partial charge in [0.25, 0.3) is 0 Å². The predicted molar refractivity (Wildman–Crippen MR) is 92.5 cm³/mol.